The number of nitrogens with two attached hydrogens (primary N) is 2. The predicted molar refractivity (Wildman–Crippen MR) is 222 cm³/mol. The van der Waals surface area contributed by atoms with Crippen LogP contribution in [0.4, 0.5) is 0 Å². The summed E-state index contributed by atoms with van der Waals surface area (Å²) in [6, 6.07) is 18.3. The molecule has 57 heavy (non-hydrogen) atoms. The summed E-state index contributed by atoms with van der Waals surface area (Å²) < 4.78 is 0. The van der Waals surface area contributed by atoms with Gasteiger partial charge in [0.1, 0.15) is 28.9 Å². The van der Waals surface area contributed by atoms with Gasteiger partial charge >= 0.3 is 0 Å². The number of benzene rings is 2. The SMILES string of the molecule is CN1C(=O)[C@H](CCCCN)NC(=O)[C@H](CCCN)NCc2cccnc2Sc2c(Cl)cc(-c3ccnc(C#N)c3)cc2CNC(=O)[C@@H]1Cc1c[nH]c2ccccc12. The lowest BCUT2D eigenvalue weighted by Crippen LogP contribution is -2.57. The molecule has 1 aliphatic heterocycles. The van der Waals surface area contributed by atoms with Gasteiger partial charge in [-0.3, -0.25) is 14.4 Å². The number of hydrogen-bond acceptors (Lipinski definition) is 10. The van der Waals surface area contributed by atoms with E-state index < -0.39 is 18.1 Å². The molecule has 3 amide bonds. The molecule has 15 heteroatoms. The number of carbonyl (C=O) groups is 3. The van der Waals surface area contributed by atoms with Crippen LogP contribution >= 0.6 is 23.4 Å². The number of likely N-dealkylation sites (N-methyl/N-ethyl adjacent to an activating group) is 1. The Morgan fingerprint density at radius 1 is 0.895 bits per heavy atom. The standard InChI is InChI=1S/C42H47ClN10O3S/c1-53-37(21-29-24-49-34-10-3-2-9-32(29)34)40(55)51-25-30-18-28(26-13-17-47-31(19-26)22-46)20-33(43)38(30)57-41-27(8-7-16-48-41)23-50-35(12-6-15-45)39(54)52-36(42(53)56)11-4-5-14-44/h2-3,7-10,13,16-20,24,35-37,49-50H,4-6,11-12,14-15,21,23,25,44-45H2,1H3,(H,51,55)(H,52,54)/t35-,36-,37-/m0/s1. The number of para-hydroxylation sites is 1. The van der Waals surface area contributed by atoms with Crippen molar-refractivity contribution in [3.8, 4) is 17.2 Å². The molecule has 0 aliphatic carbocycles. The number of unbranched alkanes of at least 4 members (excludes halogenated alkanes) is 1. The van der Waals surface area contributed by atoms with Crippen LogP contribution in [0.25, 0.3) is 22.0 Å². The highest BCUT2D eigenvalue weighted by atomic mass is 35.5. The van der Waals surface area contributed by atoms with Gasteiger partial charge < -0.3 is 37.3 Å². The molecular formula is C42H47ClN10O3S. The highest BCUT2D eigenvalue weighted by Gasteiger charge is 2.34. The van der Waals surface area contributed by atoms with Crippen molar-refractivity contribution in [2.75, 3.05) is 20.1 Å². The van der Waals surface area contributed by atoms with Gasteiger partial charge in [-0.05, 0) is 109 Å². The van der Waals surface area contributed by atoms with E-state index in [0.717, 1.165) is 33.2 Å². The molecule has 13 nitrogen and oxygen atoms in total. The molecule has 8 N–H and O–H groups in total. The molecule has 0 radical (unpaired) electrons. The lowest BCUT2D eigenvalue weighted by Gasteiger charge is -2.32. The van der Waals surface area contributed by atoms with Crippen LogP contribution in [-0.2, 0) is 33.9 Å². The molecule has 0 saturated carbocycles. The maximum Gasteiger partial charge on any atom is 0.245 e. The number of rotatable bonds is 10. The molecule has 3 atom stereocenters. The summed E-state index contributed by atoms with van der Waals surface area (Å²) in [6.45, 7) is 1.19. The van der Waals surface area contributed by atoms with Crippen molar-refractivity contribution in [1.29, 1.82) is 5.26 Å². The lowest BCUT2D eigenvalue weighted by atomic mass is 10.0. The van der Waals surface area contributed by atoms with Gasteiger partial charge in [-0.2, -0.15) is 5.26 Å². The molecule has 5 aromatic rings. The van der Waals surface area contributed by atoms with Crippen LogP contribution in [-0.4, -0.2) is 75.8 Å². The zero-order chi connectivity index (χ0) is 40.3. The van der Waals surface area contributed by atoms with E-state index in [2.05, 4.69) is 32.0 Å². The van der Waals surface area contributed by atoms with Crippen LogP contribution < -0.4 is 27.4 Å². The Morgan fingerprint density at radius 3 is 2.51 bits per heavy atom. The fourth-order valence-corrected chi connectivity index (χ4v) is 8.35. The maximum atomic E-state index is 14.6. The third-order valence-electron chi connectivity index (χ3n) is 10.1. The van der Waals surface area contributed by atoms with E-state index in [1.165, 1.54) is 16.7 Å². The van der Waals surface area contributed by atoms with E-state index in [4.69, 9.17) is 28.1 Å². The Balaban J connectivity index is 1.45. The number of fused-ring (bicyclic) bond motifs is 3. The molecule has 4 heterocycles. The quantitative estimate of drug-likeness (QED) is 0.106. The number of H-pyrrole nitrogens is 1. The van der Waals surface area contributed by atoms with E-state index in [-0.39, 0.29) is 36.4 Å². The zero-order valence-electron chi connectivity index (χ0n) is 31.8. The Labute approximate surface area is 341 Å². The number of pyridine rings is 2. The third kappa shape index (κ3) is 10.2. The summed E-state index contributed by atoms with van der Waals surface area (Å²) in [5.74, 6) is -1.11. The summed E-state index contributed by atoms with van der Waals surface area (Å²) in [7, 11) is 1.61. The number of hydrogen-bond donors (Lipinski definition) is 6. The number of aromatic amines is 1. The second-order valence-corrected chi connectivity index (χ2v) is 15.4. The molecule has 3 aromatic heterocycles. The largest absolute Gasteiger partial charge is 0.361 e. The minimum atomic E-state index is -0.956. The van der Waals surface area contributed by atoms with Gasteiger partial charge in [0.15, 0.2) is 0 Å². The fraction of sp³-hybridized carbons (Fsp3) is 0.333. The summed E-state index contributed by atoms with van der Waals surface area (Å²) in [5, 5.41) is 21.1. The Hall–Kier alpha value is -5.30. The van der Waals surface area contributed by atoms with Gasteiger partial charge in [0.2, 0.25) is 17.7 Å². The van der Waals surface area contributed by atoms with E-state index in [9.17, 15) is 19.6 Å². The highest BCUT2D eigenvalue weighted by Crippen LogP contribution is 2.40. The predicted octanol–water partition coefficient (Wildman–Crippen LogP) is 4.81. The Bertz CT molecular complexity index is 2260. The van der Waals surface area contributed by atoms with E-state index in [1.54, 1.807) is 31.6 Å². The van der Waals surface area contributed by atoms with Crippen LogP contribution in [0.5, 0.6) is 0 Å². The van der Waals surface area contributed by atoms with Crippen LogP contribution in [0.2, 0.25) is 5.02 Å². The van der Waals surface area contributed by atoms with Gasteiger partial charge in [-0.25, -0.2) is 9.97 Å². The number of amides is 3. The van der Waals surface area contributed by atoms with Crippen molar-refractivity contribution in [2.45, 2.75) is 79.7 Å². The van der Waals surface area contributed by atoms with Crippen molar-refractivity contribution in [3.05, 3.63) is 107 Å². The zero-order valence-corrected chi connectivity index (χ0v) is 33.3. The summed E-state index contributed by atoms with van der Waals surface area (Å²) in [4.78, 5) is 57.4. The Kier molecular flexibility index (Phi) is 14.3. The maximum absolute atomic E-state index is 14.6. The number of carbonyl (C=O) groups excluding carboxylic acids is 3. The van der Waals surface area contributed by atoms with Crippen LogP contribution in [0.15, 0.2) is 89.2 Å². The molecule has 0 unspecified atom stereocenters. The van der Waals surface area contributed by atoms with E-state index in [0.29, 0.717) is 72.2 Å². The summed E-state index contributed by atoms with van der Waals surface area (Å²) >= 11 is 8.46. The Morgan fingerprint density at radius 2 is 1.70 bits per heavy atom. The van der Waals surface area contributed by atoms with Gasteiger partial charge in [-0.1, -0.05) is 47.6 Å². The van der Waals surface area contributed by atoms with Crippen molar-refractivity contribution in [2.24, 2.45) is 11.5 Å². The van der Waals surface area contributed by atoms with Gasteiger partial charge in [-0.15, -0.1) is 0 Å². The van der Waals surface area contributed by atoms with Gasteiger partial charge in [0.25, 0.3) is 0 Å². The summed E-state index contributed by atoms with van der Waals surface area (Å²) in [6.07, 6.45) is 7.96. The first kappa shape index (κ1) is 41.3. The number of aromatic nitrogens is 3. The fourth-order valence-electron chi connectivity index (χ4n) is 7.00. The molecule has 0 spiro atoms. The number of nitrogens with zero attached hydrogens (tertiary/aromatic N) is 4. The normalized spacial score (nSPS) is 18.3. The molecule has 1 aliphatic rings. The average Bonchev–Trinajstić information content (AvgIpc) is 3.64. The molecule has 296 valence electrons. The van der Waals surface area contributed by atoms with E-state index in [1.807, 2.05) is 54.7 Å². The third-order valence-corrected chi connectivity index (χ3v) is 11.8. The van der Waals surface area contributed by atoms with Crippen molar-refractivity contribution in [3.63, 3.8) is 0 Å². The second kappa shape index (κ2) is 19.7. The second-order valence-electron chi connectivity index (χ2n) is 14.0. The molecule has 6 rings (SSSR count). The minimum Gasteiger partial charge on any atom is -0.361 e. The lowest BCUT2D eigenvalue weighted by molar-refractivity contribution is -0.142. The highest BCUT2D eigenvalue weighted by molar-refractivity contribution is 7.99. The molecule has 2 aromatic carbocycles. The molecule has 0 bridgehead atoms. The van der Waals surface area contributed by atoms with Crippen molar-refractivity contribution < 1.29 is 14.4 Å². The van der Waals surface area contributed by atoms with Crippen LogP contribution in [0.1, 0.15) is 54.5 Å². The average molecular weight is 807 g/mol. The van der Waals surface area contributed by atoms with Gasteiger partial charge in [0, 0.05) is 60.9 Å². The van der Waals surface area contributed by atoms with Crippen LogP contribution in [0, 0.1) is 11.3 Å². The molecular weight excluding hydrogens is 760 g/mol. The topological polar surface area (TPSA) is 208 Å². The number of halogens is 1. The molecule has 0 fully saturated rings. The van der Waals surface area contributed by atoms with E-state index >= 15 is 0 Å². The monoisotopic (exact) mass is 806 g/mol. The first-order valence-corrected chi connectivity index (χ1v) is 20.2. The van der Waals surface area contributed by atoms with Crippen molar-refractivity contribution in [1.82, 2.24) is 35.8 Å². The number of nitrogens with one attached hydrogen (secondary N) is 4. The summed E-state index contributed by atoms with van der Waals surface area (Å²) in [5.41, 5.74) is 16.8. The first-order valence-electron chi connectivity index (χ1n) is 19.0. The van der Waals surface area contributed by atoms with Crippen LogP contribution in [0.3, 0.4) is 0 Å². The molecule has 0 saturated heterocycles. The number of nitriles is 1. The van der Waals surface area contributed by atoms with Gasteiger partial charge in [0.05, 0.1) is 11.1 Å². The smallest absolute Gasteiger partial charge is 0.245 e. The van der Waals surface area contributed by atoms with Crippen molar-refractivity contribution >= 4 is 52.0 Å². The minimum absolute atomic E-state index is 0.0651. The first-order chi connectivity index (χ1) is 27.7.